The topological polar surface area (TPSA) is 29.9 Å². The van der Waals surface area contributed by atoms with Gasteiger partial charge in [0, 0.05) is 24.8 Å². The second-order valence-electron chi connectivity index (χ2n) is 5.39. The number of rotatable bonds is 9. The highest BCUT2D eigenvalue weighted by atomic mass is 15.3. The van der Waals surface area contributed by atoms with Gasteiger partial charge in [0.2, 0.25) is 0 Å². The van der Waals surface area contributed by atoms with Crippen LogP contribution in [0.1, 0.15) is 71.5 Å². The van der Waals surface area contributed by atoms with Crippen LogP contribution in [0.5, 0.6) is 0 Å². The maximum Gasteiger partial charge on any atom is 0.0762 e. The summed E-state index contributed by atoms with van der Waals surface area (Å²) >= 11 is 0. The third kappa shape index (κ3) is 5.21. The Morgan fingerprint density at radius 1 is 1.22 bits per heavy atom. The lowest BCUT2D eigenvalue weighted by atomic mass is 10.1. The predicted molar refractivity (Wildman–Crippen MR) is 77.7 cm³/mol. The van der Waals surface area contributed by atoms with Gasteiger partial charge in [-0.15, -0.1) is 0 Å². The van der Waals surface area contributed by atoms with Gasteiger partial charge in [-0.3, -0.25) is 4.68 Å². The first-order valence-electron chi connectivity index (χ1n) is 7.44. The van der Waals surface area contributed by atoms with Crippen molar-refractivity contribution in [3.63, 3.8) is 0 Å². The minimum absolute atomic E-state index is 0.449. The third-order valence-electron chi connectivity index (χ3n) is 3.31. The summed E-state index contributed by atoms with van der Waals surface area (Å²) < 4.78 is 2.03. The summed E-state index contributed by atoms with van der Waals surface area (Å²) in [6.07, 6.45) is 8.48. The van der Waals surface area contributed by atoms with E-state index < -0.39 is 0 Å². The Morgan fingerprint density at radius 2 is 2.00 bits per heavy atom. The van der Waals surface area contributed by atoms with Crippen LogP contribution < -0.4 is 5.32 Å². The molecule has 1 heterocycles. The SMILES string of the molecule is CCCCC(CCC)NCc1ccn(C(C)C)n1. The number of hydrogen-bond acceptors (Lipinski definition) is 2. The van der Waals surface area contributed by atoms with E-state index in [-0.39, 0.29) is 0 Å². The van der Waals surface area contributed by atoms with Gasteiger partial charge in [0.1, 0.15) is 0 Å². The molecule has 1 N–H and O–H groups in total. The van der Waals surface area contributed by atoms with E-state index in [1.54, 1.807) is 0 Å². The number of nitrogens with one attached hydrogen (secondary N) is 1. The molecule has 0 fully saturated rings. The van der Waals surface area contributed by atoms with Crippen LogP contribution in [-0.4, -0.2) is 15.8 Å². The van der Waals surface area contributed by atoms with Crippen LogP contribution in [-0.2, 0) is 6.54 Å². The number of unbranched alkanes of at least 4 members (excludes halogenated alkanes) is 1. The van der Waals surface area contributed by atoms with Gasteiger partial charge in [0.15, 0.2) is 0 Å². The van der Waals surface area contributed by atoms with E-state index >= 15 is 0 Å². The Bertz CT molecular complexity index is 317. The molecule has 3 heteroatoms. The average Bonchev–Trinajstić information content (AvgIpc) is 2.81. The molecule has 0 bridgehead atoms. The van der Waals surface area contributed by atoms with E-state index in [0.29, 0.717) is 12.1 Å². The van der Waals surface area contributed by atoms with Crippen LogP contribution in [0.2, 0.25) is 0 Å². The minimum atomic E-state index is 0.449. The molecule has 0 spiro atoms. The van der Waals surface area contributed by atoms with Crippen LogP contribution >= 0.6 is 0 Å². The molecule has 1 aromatic rings. The molecular weight excluding hydrogens is 222 g/mol. The summed E-state index contributed by atoms with van der Waals surface area (Å²) in [5, 5.41) is 8.22. The molecule has 0 aliphatic heterocycles. The van der Waals surface area contributed by atoms with Gasteiger partial charge in [0.25, 0.3) is 0 Å². The van der Waals surface area contributed by atoms with Crippen molar-refractivity contribution in [2.24, 2.45) is 0 Å². The van der Waals surface area contributed by atoms with E-state index in [4.69, 9.17) is 0 Å². The molecule has 1 aromatic heterocycles. The highest BCUT2D eigenvalue weighted by Gasteiger charge is 2.08. The van der Waals surface area contributed by atoms with Crippen molar-refractivity contribution in [1.82, 2.24) is 15.1 Å². The van der Waals surface area contributed by atoms with E-state index in [0.717, 1.165) is 12.2 Å². The van der Waals surface area contributed by atoms with Gasteiger partial charge in [-0.25, -0.2) is 0 Å². The summed E-state index contributed by atoms with van der Waals surface area (Å²) in [6, 6.07) is 3.22. The zero-order valence-electron chi connectivity index (χ0n) is 12.4. The van der Waals surface area contributed by atoms with Crippen molar-refractivity contribution in [2.75, 3.05) is 0 Å². The molecule has 0 aromatic carbocycles. The molecule has 1 atom stereocenters. The molecule has 1 unspecified atom stereocenters. The second-order valence-corrected chi connectivity index (χ2v) is 5.39. The summed E-state index contributed by atoms with van der Waals surface area (Å²) in [4.78, 5) is 0. The first-order chi connectivity index (χ1) is 8.67. The monoisotopic (exact) mass is 251 g/mol. The fraction of sp³-hybridized carbons (Fsp3) is 0.800. The maximum atomic E-state index is 4.58. The summed E-state index contributed by atoms with van der Waals surface area (Å²) in [5.74, 6) is 0. The Balaban J connectivity index is 2.39. The van der Waals surface area contributed by atoms with Crippen molar-refractivity contribution in [2.45, 2.75) is 78.4 Å². The Morgan fingerprint density at radius 3 is 2.56 bits per heavy atom. The first-order valence-corrected chi connectivity index (χ1v) is 7.44. The Hall–Kier alpha value is -0.830. The summed E-state index contributed by atoms with van der Waals surface area (Å²) in [6.45, 7) is 9.73. The van der Waals surface area contributed by atoms with Gasteiger partial charge < -0.3 is 5.32 Å². The lowest BCUT2D eigenvalue weighted by Crippen LogP contribution is -2.28. The molecule has 0 saturated carbocycles. The fourth-order valence-corrected chi connectivity index (χ4v) is 2.16. The van der Waals surface area contributed by atoms with Gasteiger partial charge in [-0.05, 0) is 32.8 Å². The zero-order valence-corrected chi connectivity index (χ0v) is 12.4. The quantitative estimate of drug-likeness (QED) is 0.721. The summed E-state index contributed by atoms with van der Waals surface area (Å²) in [7, 11) is 0. The van der Waals surface area contributed by atoms with E-state index in [2.05, 4.69) is 50.4 Å². The molecule has 0 radical (unpaired) electrons. The Labute approximate surface area is 112 Å². The third-order valence-corrected chi connectivity index (χ3v) is 3.31. The maximum absolute atomic E-state index is 4.58. The van der Waals surface area contributed by atoms with Gasteiger partial charge in [0.05, 0.1) is 5.69 Å². The standard InChI is InChI=1S/C15H29N3/c1-5-7-9-14(8-6-2)16-12-15-10-11-18(17-15)13(3)4/h10-11,13-14,16H,5-9,12H2,1-4H3. The molecule has 18 heavy (non-hydrogen) atoms. The van der Waals surface area contributed by atoms with Crippen LogP contribution in [0.3, 0.4) is 0 Å². The number of hydrogen-bond donors (Lipinski definition) is 1. The van der Waals surface area contributed by atoms with Gasteiger partial charge in [-0.2, -0.15) is 5.10 Å². The zero-order chi connectivity index (χ0) is 13.4. The average molecular weight is 251 g/mol. The molecule has 0 saturated heterocycles. The molecular formula is C15H29N3. The van der Waals surface area contributed by atoms with E-state index in [1.165, 1.54) is 32.1 Å². The van der Waals surface area contributed by atoms with Gasteiger partial charge >= 0.3 is 0 Å². The van der Waals surface area contributed by atoms with Crippen molar-refractivity contribution in [3.8, 4) is 0 Å². The lowest BCUT2D eigenvalue weighted by molar-refractivity contribution is 0.428. The highest BCUT2D eigenvalue weighted by molar-refractivity contribution is 4.99. The largest absolute Gasteiger partial charge is 0.308 e. The molecule has 0 amide bonds. The van der Waals surface area contributed by atoms with Crippen LogP contribution in [0.25, 0.3) is 0 Å². The molecule has 0 aliphatic carbocycles. The van der Waals surface area contributed by atoms with Gasteiger partial charge in [-0.1, -0.05) is 33.1 Å². The second kappa shape index (κ2) is 8.30. The van der Waals surface area contributed by atoms with Crippen molar-refractivity contribution < 1.29 is 0 Å². The highest BCUT2D eigenvalue weighted by Crippen LogP contribution is 2.09. The minimum Gasteiger partial charge on any atom is -0.308 e. The molecule has 104 valence electrons. The van der Waals surface area contributed by atoms with Crippen LogP contribution in [0, 0.1) is 0 Å². The molecule has 1 rings (SSSR count). The van der Waals surface area contributed by atoms with Crippen molar-refractivity contribution in [1.29, 1.82) is 0 Å². The number of nitrogens with zero attached hydrogens (tertiary/aromatic N) is 2. The normalized spacial score (nSPS) is 13.2. The fourth-order valence-electron chi connectivity index (χ4n) is 2.16. The van der Waals surface area contributed by atoms with Crippen LogP contribution in [0.4, 0.5) is 0 Å². The van der Waals surface area contributed by atoms with E-state index in [1.807, 2.05) is 4.68 Å². The first kappa shape index (κ1) is 15.2. The lowest BCUT2D eigenvalue weighted by Gasteiger charge is -2.17. The predicted octanol–water partition coefficient (Wildman–Crippen LogP) is 3.91. The van der Waals surface area contributed by atoms with Crippen LogP contribution in [0.15, 0.2) is 12.3 Å². The van der Waals surface area contributed by atoms with Crippen molar-refractivity contribution >= 4 is 0 Å². The summed E-state index contributed by atoms with van der Waals surface area (Å²) in [5.41, 5.74) is 1.15. The molecule has 3 nitrogen and oxygen atoms in total. The molecule has 0 aliphatic rings. The van der Waals surface area contributed by atoms with E-state index in [9.17, 15) is 0 Å². The Kier molecular flexibility index (Phi) is 7.02. The number of aromatic nitrogens is 2. The smallest absolute Gasteiger partial charge is 0.0762 e. The van der Waals surface area contributed by atoms with Crippen molar-refractivity contribution in [3.05, 3.63) is 18.0 Å².